The molecular weight excluding hydrogens is 429 g/mol. The number of hydrogen-bond donors (Lipinski definition) is 2. The Labute approximate surface area is 186 Å². The molecule has 0 aliphatic heterocycles. The van der Waals surface area contributed by atoms with Crippen LogP contribution in [0.4, 0.5) is 10.2 Å². The molecule has 5 nitrogen and oxygen atoms in total. The molecule has 0 saturated heterocycles. The monoisotopic (exact) mass is 447 g/mol. The van der Waals surface area contributed by atoms with Gasteiger partial charge in [0.1, 0.15) is 28.9 Å². The number of nitrogens with one attached hydrogen (secondary N) is 2. The van der Waals surface area contributed by atoms with Crippen LogP contribution in [0.15, 0.2) is 36.7 Å². The highest BCUT2D eigenvalue weighted by atomic mass is 32.1. The Hall–Kier alpha value is -3.28. The molecule has 0 aliphatic rings. The van der Waals surface area contributed by atoms with Gasteiger partial charge in [-0.2, -0.15) is 5.26 Å². The second-order valence-electron chi connectivity index (χ2n) is 7.34. The molecule has 0 unspecified atom stereocenters. The lowest BCUT2D eigenvalue weighted by Crippen LogP contribution is -2.07. The maximum atomic E-state index is 14.2. The molecule has 0 atom stereocenters. The van der Waals surface area contributed by atoms with Crippen molar-refractivity contribution in [3.05, 3.63) is 64.2 Å². The van der Waals surface area contributed by atoms with E-state index >= 15 is 0 Å². The number of H-pyrrole nitrogens is 1. The van der Waals surface area contributed by atoms with Crippen LogP contribution in [0.2, 0.25) is 0 Å². The second kappa shape index (κ2) is 7.76. The molecule has 0 saturated carbocycles. The van der Waals surface area contributed by atoms with Crippen LogP contribution < -0.4 is 5.32 Å². The Morgan fingerprint density at radius 1 is 1.13 bits per heavy atom. The number of halogens is 1. The second-order valence-corrected chi connectivity index (χ2v) is 9.48. The summed E-state index contributed by atoms with van der Waals surface area (Å²) in [7, 11) is 0. The summed E-state index contributed by atoms with van der Waals surface area (Å²) in [6.07, 6.45) is 2.31. The molecule has 2 N–H and O–H groups in total. The number of benzene rings is 1. The van der Waals surface area contributed by atoms with Gasteiger partial charge in [-0.05, 0) is 55.7 Å². The first kappa shape index (κ1) is 19.7. The zero-order chi connectivity index (χ0) is 21.5. The number of nitriles is 1. The normalized spacial score (nSPS) is 11.3. The van der Waals surface area contributed by atoms with E-state index in [0.29, 0.717) is 16.9 Å². The van der Waals surface area contributed by atoms with Crippen LogP contribution in [0.25, 0.3) is 30.9 Å². The summed E-state index contributed by atoms with van der Waals surface area (Å²) in [5, 5.41) is 13.5. The minimum Gasteiger partial charge on any atom is -0.368 e. The number of aryl methyl sites for hydroxylation is 2. The molecule has 4 aromatic heterocycles. The van der Waals surface area contributed by atoms with Gasteiger partial charge in [0.25, 0.3) is 0 Å². The SMILES string of the molecule is Cc1[nH]c2c(F)ccc(C)c2c1CCNc1ncnc2cc(-c3ccc(C#N)s3)sc12. The summed E-state index contributed by atoms with van der Waals surface area (Å²) in [5.74, 6) is 0.568. The zero-order valence-corrected chi connectivity index (χ0v) is 18.5. The largest absolute Gasteiger partial charge is 0.368 e. The van der Waals surface area contributed by atoms with E-state index in [1.807, 2.05) is 38.1 Å². The summed E-state index contributed by atoms with van der Waals surface area (Å²) >= 11 is 3.09. The number of nitrogens with zero attached hydrogens (tertiary/aromatic N) is 3. The van der Waals surface area contributed by atoms with Crippen LogP contribution >= 0.6 is 22.7 Å². The maximum Gasteiger partial charge on any atom is 0.147 e. The van der Waals surface area contributed by atoms with Gasteiger partial charge < -0.3 is 10.3 Å². The first-order valence-corrected chi connectivity index (χ1v) is 11.4. The van der Waals surface area contributed by atoms with Crippen molar-refractivity contribution in [2.75, 3.05) is 11.9 Å². The fourth-order valence-corrected chi connectivity index (χ4v) is 5.85. The van der Waals surface area contributed by atoms with Gasteiger partial charge >= 0.3 is 0 Å². The summed E-state index contributed by atoms with van der Waals surface area (Å²) < 4.78 is 15.2. The number of rotatable bonds is 5. The Bertz CT molecular complexity index is 1470. The lowest BCUT2D eigenvalue weighted by atomic mass is 10.0. The molecule has 0 aliphatic carbocycles. The molecule has 0 radical (unpaired) electrons. The van der Waals surface area contributed by atoms with Crippen molar-refractivity contribution in [1.82, 2.24) is 15.0 Å². The van der Waals surface area contributed by atoms with Gasteiger partial charge in [0.15, 0.2) is 0 Å². The van der Waals surface area contributed by atoms with Gasteiger partial charge in [-0.15, -0.1) is 22.7 Å². The smallest absolute Gasteiger partial charge is 0.147 e. The third-order valence-corrected chi connectivity index (χ3v) is 7.68. The Balaban J connectivity index is 1.41. The number of aromatic nitrogens is 3. The van der Waals surface area contributed by atoms with Crippen LogP contribution in [0.3, 0.4) is 0 Å². The highest BCUT2D eigenvalue weighted by molar-refractivity contribution is 7.26. The third kappa shape index (κ3) is 3.46. The minimum absolute atomic E-state index is 0.223. The quantitative estimate of drug-likeness (QED) is 0.337. The molecule has 5 aromatic rings. The fourth-order valence-electron chi connectivity index (χ4n) is 3.89. The number of fused-ring (bicyclic) bond motifs is 2. The van der Waals surface area contributed by atoms with Gasteiger partial charge in [-0.3, -0.25) is 0 Å². The maximum absolute atomic E-state index is 14.2. The number of thiophene rings is 2. The van der Waals surface area contributed by atoms with Gasteiger partial charge in [-0.1, -0.05) is 6.07 Å². The molecule has 154 valence electrons. The topological polar surface area (TPSA) is 77.4 Å². The number of hydrogen-bond acceptors (Lipinski definition) is 6. The van der Waals surface area contributed by atoms with E-state index in [0.717, 1.165) is 54.4 Å². The summed E-state index contributed by atoms with van der Waals surface area (Å²) in [6, 6.07) is 11.4. The molecule has 1 aromatic carbocycles. The van der Waals surface area contributed by atoms with E-state index in [1.165, 1.54) is 17.4 Å². The lowest BCUT2D eigenvalue weighted by Gasteiger charge is -2.07. The van der Waals surface area contributed by atoms with Gasteiger partial charge in [-0.25, -0.2) is 14.4 Å². The van der Waals surface area contributed by atoms with Crippen molar-refractivity contribution in [3.8, 4) is 15.8 Å². The van der Waals surface area contributed by atoms with Crippen molar-refractivity contribution >= 4 is 49.6 Å². The highest BCUT2D eigenvalue weighted by Gasteiger charge is 2.15. The van der Waals surface area contributed by atoms with E-state index in [1.54, 1.807) is 17.7 Å². The third-order valence-electron chi connectivity index (χ3n) is 5.37. The first-order chi connectivity index (χ1) is 15.0. The van der Waals surface area contributed by atoms with E-state index in [9.17, 15) is 4.39 Å². The average molecular weight is 448 g/mol. The van der Waals surface area contributed by atoms with E-state index in [2.05, 4.69) is 26.3 Å². The van der Waals surface area contributed by atoms with Gasteiger partial charge in [0.05, 0.1) is 15.7 Å². The molecular formula is C23H18FN5S2. The predicted octanol–water partition coefficient (Wildman–Crippen LogP) is 6.18. The molecule has 0 spiro atoms. The fraction of sp³-hybridized carbons (Fsp3) is 0.174. The first-order valence-electron chi connectivity index (χ1n) is 9.80. The molecule has 0 bridgehead atoms. The van der Waals surface area contributed by atoms with Gasteiger partial charge in [0, 0.05) is 27.4 Å². The van der Waals surface area contributed by atoms with Crippen LogP contribution in [0, 0.1) is 31.0 Å². The Morgan fingerprint density at radius 2 is 2.00 bits per heavy atom. The van der Waals surface area contributed by atoms with Crippen LogP contribution in [0.5, 0.6) is 0 Å². The molecule has 0 amide bonds. The Morgan fingerprint density at radius 3 is 2.81 bits per heavy atom. The predicted molar refractivity (Wildman–Crippen MR) is 125 cm³/mol. The average Bonchev–Trinajstić information content (AvgIpc) is 3.48. The molecule has 5 rings (SSSR count). The standard InChI is InChI=1S/C23H18FN5S2/c1-12-3-5-16(24)21-20(12)15(13(2)29-21)7-8-26-23-22-17(27-11-28-23)9-19(31-22)18-6-4-14(10-25)30-18/h3-6,9,11,29H,7-8H2,1-2H3,(H,26,27,28). The number of aromatic amines is 1. The molecule has 4 heterocycles. The summed E-state index contributed by atoms with van der Waals surface area (Å²) in [6.45, 7) is 4.66. The molecule has 31 heavy (non-hydrogen) atoms. The van der Waals surface area contributed by atoms with Crippen LogP contribution in [0.1, 0.15) is 21.7 Å². The van der Waals surface area contributed by atoms with Crippen molar-refractivity contribution in [2.45, 2.75) is 20.3 Å². The van der Waals surface area contributed by atoms with Gasteiger partial charge in [0.2, 0.25) is 0 Å². The zero-order valence-electron chi connectivity index (χ0n) is 16.9. The lowest BCUT2D eigenvalue weighted by molar-refractivity contribution is 0.637. The van der Waals surface area contributed by atoms with Crippen LogP contribution in [-0.2, 0) is 6.42 Å². The minimum atomic E-state index is -0.223. The highest BCUT2D eigenvalue weighted by Crippen LogP contribution is 2.38. The van der Waals surface area contributed by atoms with Crippen molar-refractivity contribution in [2.24, 2.45) is 0 Å². The Kier molecular flexibility index (Phi) is 4.93. The molecule has 8 heteroatoms. The van der Waals surface area contributed by atoms with Crippen molar-refractivity contribution < 1.29 is 4.39 Å². The van der Waals surface area contributed by atoms with Crippen LogP contribution in [-0.4, -0.2) is 21.5 Å². The van der Waals surface area contributed by atoms with E-state index in [-0.39, 0.29) is 5.82 Å². The van der Waals surface area contributed by atoms with Crippen molar-refractivity contribution in [3.63, 3.8) is 0 Å². The van der Waals surface area contributed by atoms with Crippen molar-refractivity contribution in [1.29, 1.82) is 5.26 Å². The summed E-state index contributed by atoms with van der Waals surface area (Å²) in [4.78, 5) is 14.9. The van der Waals surface area contributed by atoms with E-state index in [4.69, 9.17) is 5.26 Å². The number of anilines is 1. The van der Waals surface area contributed by atoms with E-state index < -0.39 is 0 Å². The molecule has 0 fully saturated rings. The summed E-state index contributed by atoms with van der Waals surface area (Å²) in [5.41, 5.74) is 4.63.